The molecule has 1 aliphatic rings. The van der Waals surface area contributed by atoms with Crippen molar-refractivity contribution in [3.8, 4) is 11.1 Å². The van der Waals surface area contributed by atoms with Crippen LogP contribution >= 0.6 is 15.9 Å². The molecule has 1 aromatic carbocycles. The number of anilines is 2. The normalized spacial score (nSPS) is 15.6. The zero-order valence-corrected chi connectivity index (χ0v) is 20.7. The van der Waals surface area contributed by atoms with Crippen LogP contribution in [0.3, 0.4) is 0 Å². The second-order valence-corrected chi connectivity index (χ2v) is 10.1. The van der Waals surface area contributed by atoms with E-state index in [-0.39, 0.29) is 5.60 Å². The predicted octanol–water partition coefficient (Wildman–Crippen LogP) is 4.18. The fourth-order valence-corrected chi connectivity index (χ4v) is 4.50. The largest absolute Gasteiger partial charge is 0.383 e. The van der Waals surface area contributed by atoms with Crippen molar-refractivity contribution in [2.75, 3.05) is 43.5 Å². The number of ether oxygens (including phenoxy) is 1. The summed E-state index contributed by atoms with van der Waals surface area (Å²) < 4.78 is 8.39. The molecule has 1 aliphatic heterocycles. The summed E-state index contributed by atoms with van der Waals surface area (Å²) in [5, 5.41) is 5.59. The van der Waals surface area contributed by atoms with Crippen LogP contribution in [-0.4, -0.2) is 63.0 Å². The lowest BCUT2D eigenvalue weighted by Crippen LogP contribution is -2.48. The molecular formula is C24H28BrN7O. The van der Waals surface area contributed by atoms with Crippen LogP contribution in [0.25, 0.3) is 27.7 Å². The highest BCUT2D eigenvalue weighted by Crippen LogP contribution is 2.35. The smallest absolute Gasteiger partial charge is 0.167 e. The Morgan fingerprint density at radius 2 is 1.85 bits per heavy atom. The molecular weight excluding hydrogens is 482 g/mol. The van der Waals surface area contributed by atoms with Gasteiger partial charge in [-0.15, -0.1) is 0 Å². The highest BCUT2D eigenvalue weighted by molar-refractivity contribution is 9.10. The summed E-state index contributed by atoms with van der Waals surface area (Å²) in [5.74, 6) is 1.38. The number of piperazine rings is 1. The van der Waals surface area contributed by atoms with Crippen molar-refractivity contribution in [3.63, 3.8) is 0 Å². The lowest BCUT2D eigenvalue weighted by Gasteiger charge is -2.36. The Morgan fingerprint density at radius 1 is 1.09 bits per heavy atom. The average molecular weight is 510 g/mol. The molecule has 1 fully saturated rings. The number of halogens is 1. The van der Waals surface area contributed by atoms with Gasteiger partial charge in [-0.05, 0) is 48.8 Å². The molecule has 172 valence electrons. The molecule has 33 heavy (non-hydrogen) atoms. The van der Waals surface area contributed by atoms with Gasteiger partial charge in [-0.25, -0.2) is 4.98 Å². The molecule has 5 rings (SSSR count). The highest BCUT2D eigenvalue weighted by Gasteiger charge is 2.24. The van der Waals surface area contributed by atoms with E-state index < -0.39 is 0 Å². The van der Waals surface area contributed by atoms with Crippen LogP contribution in [0.5, 0.6) is 0 Å². The first-order valence-electron chi connectivity index (χ1n) is 11.1. The number of nitrogen functional groups attached to an aromatic ring is 1. The Kier molecular flexibility index (Phi) is 5.72. The number of pyridine rings is 1. The molecule has 3 aromatic heterocycles. The average Bonchev–Trinajstić information content (AvgIpc) is 3.24. The van der Waals surface area contributed by atoms with Gasteiger partial charge >= 0.3 is 0 Å². The van der Waals surface area contributed by atoms with Gasteiger partial charge in [0.1, 0.15) is 16.1 Å². The topological polar surface area (TPSA) is 84.8 Å². The van der Waals surface area contributed by atoms with Crippen molar-refractivity contribution in [1.29, 1.82) is 0 Å². The first-order valence-corrected chi connectivity index (χ1v) is 11.9. The van der Waals surface area contributed by atoms with Crippen LogP contribution in [-0.2, 0) is 4.74 Å². The quantitative estimate of drug-likeness (QED) is 0.441. The lowest BCUT2D eigenvalue weighted by molar-refractivity contribution is -0.0644. The number of aromatic nitrogens is 4. The van der Waals surface area contributed by atoms with Crippen molar-refractivity contribution in [1.82, 2.24) is 24.5 Å². The van der Waals surface area contributed by atoms with Crippen molar-refractivity contribution in [2.24, 2.45) is 0 Å². The maximum absolute atomic E-state index is 6.47. The third-order valence-corrected chi connectivity index (χ3v) is 6.62. The Bertz CT molecular complexity index is 1310. The molecule has 9 heteroatoms. The fraction of sp³-hybridized carbons (Fsp3) is 0.375. The third kappa shape index (κ3) is 4.40. The number of rotatable bonds is 4. The summed E-state index contributed by atoms with van der Waals surface area (Å²) in [7, 11) is 0. The van der Waals surface area contributed by atoms with Crippen LogP contribution in [0.1, 0.15) is 20.8 Å². The minimum atomic E-state index is -0.142. The minimum Gasteiger partial charge on any atom is -0.383 e. The molecule has 4 aromatic rings. The predicted molar refractivity (Wildman–Crippen MR) is 135 cm³/mol. The fourth-order valence-electron chi connectivity index (χ4n) is 3.99. The molecule has 4 heterocycles. The monoisotopic (exact) mass is 509 g/mol. The SMILES string of the molecule is CC(C)(C)OCN1CCN(c2nc3c(-c4cnc5ccccc5c4)cnn3c(N)c2Br)CC1. The van der Waals surface area contributed by atoms with Crippen LogP contribution in [0.4, 0.5) is 11.6 Å². The number of nitrogens with zero attached hydrogens (tertiary/aromatic N) is 6. The summed E-state index contributed by atoms with van der Waals surface area (Å²) in [6, 6.07) is 10.2. The molecule has 0 bridgehead atoms. The Hall–Kier alpha value is -2.75. The molecule has 0 amide bonds. The number of nitrogens with two attached hydrogens (primary N) is 1. The molecule has 0 atom stereocenters. The van der Waals surface area contributed by atoms with Crippen molar-refractivity contribution >= 4 is 44.1 Å². The van der Waals surface area contributed by atoms with Gasteiger partial charge in [0.15, 0.2) is 5.65 Å². The van der Waals surface area contributed by atoms with E-state index in [4.69, 9.17) is 15.5 Å². The van der Waals surface area contributed by atoms with Gasteiger partial charge in [0.05, 0.1) is 24.0 Å². The standard InChI is InChI=1S/C24H28BrN7O/c1-24(2,3)33-15-30-8-10-31(11-9-30)23-20(25)21(26)32-22(29-23)18(14-28-32)17-12-16-6-4-5-7-19(16)27-13-17/h4-7,12-14H,8-11,15,26H2,1-3H3. The van der Waals surface area contributed by atoms with Gasteiger partial charge in [0.2, 0.25) is 0 Å². The van der Waals surface area contributed by atoms with Crippen LogP contribution in [0.15, 0.2) is 47.2 Å². The van der Waals surface area contributed by atoms with E-state index in [1.165, 1.54) is 0 Å². The molecule has 0 spiro atoms. The van der Waals surface area contributed by atoms with E-state index >= 15 is 0 Å². The van der Waals surface area contributed by atoms with Gasteiger partial charge in [-0.3, -0.25) is 9.88 Å². The molecule has 8 nitrogen and oxygen atoms in total. The van der Waals surface area contributed by atoms with E-state index in [0.29, 0.717) is 12.5 Å². The van der Waals surface area contributed by atoms with E-state index in [2.05, 4.69) is 68.7 Å². The molecule has 0 aliphatic carbocycles. The summed E-state index contributed by atoms with van der Waals surface area (Å²) in [4.78, 5) is 14.2. The summed E-state index contributed by atoms with van der Waals surface area (Å²) >= 11 is 3.67. The van der Waals surface area contributed by atoms with Gasteiger partial charge in [0.25, 0.3) is 0 Å². The van der Waals surface area contributed by atoms with E-state index in [0.717, 1.165) is 64.1 Å². The molecule has 1 saturated heterocycles. The first kappa shape index (κ1) is 22.1. The van der Waals surface area contributed by atoms with Gasteiger partial charge < -0.3 is 15.4 Å². The Morgan fingerprint density at radius 3 is 2.61 bits per heavy atom. The second-order valence-electron chi connectivity index (χ2n) is 9.34. The van der Waals surface area contributed by atoms with E-state index in [1.807, 2.05) is 30.6 Å². The van der Waals surface area contributed by atoms with Gasteiger partial charge in [0, 0.05) is 48.9 Å². The van der Waals surface area contributed by atoms with Crippen molar-refractivity contribution < 1.29 is 4.74 Å². The Labute approximate surface area is 201 Å². The maximum Gasteiger partial charge on any atom is 0.167 e. The molecule has 0 unspecified atom stereocenters. The van der Waals surface area contributed by atoms with Crippen LogP contribution < -0.4 is 10.6 Å². The maximum atomic E-state index is 6.47. The number of fused-ring (bicyclic) bond motifs is 2. The summed E-state index contributed by atoms with van der Waals surface area (Å²) in [6.45, 7) is 10.4. The lowest BCUT2D eigenvalue weighted by atomic mass is 10.1. The van der Waals surface area contributed by atoms with Crippen molar-refractivity contribution in [2.45, 2.75) is 26.4 Å². The molecule has 2 N–H and O–H groups in total. The number of benzene rings is 1. The zero-order valence-electron chi connectivity index (χ0n) is 19.1. The van der Waals surface area contributed by atoms with Crippen LogP contribution in [0, 0.1) is 0 Å². The second kappa shape index (κ2) is 8.55. The van der Waals surface area contributed by atoms with E-state index in [1.54, 1.807) is 4.52 Å². The molecule has 0 saturated carbocycles. The first-order chi connectivity index (χ1) is 15.8. The number of para-hydroxylation sites is 1. The number of hydrogen-bond donors (Lipinski definition) is 1. The van der Waals surface area contributed by atoms with Crippen molar-refractivity contribution in [3.05, 3.63) is 47.2 Å². The number of hydrogen-bond acceptors (Lipinski definition) is 7. The van der Waals surface area contributed by atoms with Gasteiger partial charge in [-0.2, -0.15) is 9.61 Å². The summed E-state index contributed by atoms with van der Waals surface area (Å²) in [6.07, 6.45) is 3.68. The Balaban J connectivity index is 1.45. The molecule has 0 radical (unpaired) electrons. The zero-order chi connectivity index (χ0) is 23.2. The van der Waals surface area contributed by atoms with Crippen LogP contribution in [0.2, 0.25) is 0 Å². The summed E-state index contributed by atoms with van der Waals surface area (Å²) in [5.41, 5.74) is 9.89. The third-order valence-electron chi connectivity index (χ3n) is 5.86. The van der Waals surface area contributed by atoms with Gasteiger partial charge in [-0.1, -0.05) is 18.2 Å². The highest BCUT2D eigenvalue weighted by atomic mass is 79.9. The minimum absolute atomic E-state index is 0.142. The van der Waals surface area contributed by atoms with E-state index in [9.17, 15) is 0 Å².